The van der Waals surface area contributed by atoms with E-state index in [9.17, 15) is 9.59 Å². The van der Waals surface area contributed by atoms with Crippen LogP contribution < -0.4 is 16.6 Å². The van der Waals surface area contributed by atoms with Crippen molar-refractivity contribution in [2.24, 2.45) is 11.7 Å². The number of rotatable bonds is 3. The normalized spacial score (nSPS) is 31.1. The number of nitrogens with zero attached hydrogens (tertiary/aromatic N) is 1. The van der Waals surface area contributed by atoms with Gasteiger partial charge in [0.05, 0.1) is 5.92 Å². The van der Waals surface area contributed by atoms with Crippen molar-refractivity contribution in [1.82, 2.24) is 15.8 Å². The lowest BCUT2D eigenvalue weighted by atomic mass is 9.92. The summed E-state index contributed by atoms with van der Waals surface area (Å²) in [7, 11) is 0. The van der Waals surface area contributed by atoms with Crippen molar-refractivity contribution < 1.29 is 9.59 Å². The van der Waals surface area contributed by atoms with Gasteiger partial charge in [-0.15, -0.1) is 0 Å². The molecule has 1 aromatic carbocycles. The van der Waals surface area contributed by atoms with Gasteiger partial charge in [-0.2, -0.15) is 0 Å². The lowest BCUT2D eigenvalue weighted by molar-refractivity contribution is -0.139. The third-order valence-corrected chi connectivity index (χ3v) is 4.97. The minimum atomic E-state index is -0.311. The molecule has 0 bridgehead atoms. The molecular weight excluding hydrogens is 292 g/mol. The third-order valence-electron chi connectivity index (χ3n) is 4.97. The molecule has 2 fully saturated rings. The molecule has 4 atom stereocenters. The van der Waals surface area contributed by atoms with Crippen LogP contribution in [0.1, 0.15) is 37.8 Å². The number of carbonyl (C=O) groups excluding carboxylic acids is 2. The number of hydrogen-bond acceptors (Lipinski definition) is 4. The van der Waals surface area contributed by atoms with Gasteiger partial charge in [0.2, 0.25) is 11.8 Å². The monoisotopic (exact) mass is 316 g/mol. The lowest BCUT2D eigenvalue weighted by Gasteiger charge is -2.38. The van der Waals surface area contributed by atoms with E-state index >= 15 is 0 Å². The molecule has 0 spiro atoms. The van der Waals surface area contributed by atoms with Crippen LogP contribution in [0.15, 0.2) is 30.3 Å². The van der Waals surface area contributed by atoms with Gasteiger partial charge in [0.1, 0.15) is 6.04 Å². The van der Waals surface area contributed by atoms with E-state index in [1.165, 1.54) is 0 Å². The van der Waals surface area contributed by atoms with E-state index in [4.69, 9.17) is 5.73 Å². The van der Waals surface area contributed by atoms with Crippen molar-refractivity contribution in [2.45, 2.75) is 44.3 Å². The lowest BCUT2D eigenvalue weighted by Crippen LogP contribution is -2.54. The van der Waals surface area contributed by atoms with E-state index in [0.717, 1.165) is 18.4 Å². The predicted molar refractivity (Wildman–Crippen MR) is 87.0 cm³/mol. The number of likely N-dealkylation sites (tertiary alicyclic amines) is 1. The van der Waals surface area contributed by atoms with Crippen molar-refractivity contribution in [3.05, 3.63) is 35.9 Å². The van der Waals surface area contributed by atoms with Crippen molar-refractivity contribution in [3.8, 4) is 0 Å². The maximum atomic E-state index is 12.8. The summed E-state index contributed by atoms with van der Waals surface area (Å²) in [6, 6.07) is 10.1. The summed E-state index contributed by atoms with van der Waals surface area (Å²) in [6.45, 7) is 2.47. The molecule has 4 unspecified atom stereocenters. The van der Waals surface area contributed by atoms with Crippen molar-refractivity contribution in [3.63, 3.8) is 0 Å². The molecule has 2 aliphatic heterocycles. The molecule has 23 heavy (non-hydrogen) atoms. The molecule has 4 N–H and O–H groups in total. The maximum absolute atomic E-state index is 12.8. The fourth-order valence-corrected chi connectivity index (χ4v) is 3.47. The van der Waals surface area contributed by atoms with Gasteiger partial charge < -0.3 is 10.6 Å². The molecule has 1 aromatic rings. The zero-order valence-corrected chi connectivity index (χ0v) is 13.4. The summed E-state index contributed by atoms with van der Waals surface area (Å²) in [5.74, 6) is -0.488. The van der Waals surface area contributed by atoms with Crippen LogP contribution in [-0.2, 0) is 9.59 Å². The highest BCUT2D eigenvalue weighted by Gasteiger charge is 2.38. The molecular formula is C17H24N4O2. The molecule has 0 saturated carbocycles. The summed E-state index contributed by atoms with van der Waals surface area (Å²) >= 11 is 0. The molecule has 0 radical (unpaired) electrons. The van der Waals surface area contributed by atoms with E-state index < -0.39 is 0 Å². The standard InChI is InChI=1S/C17H24N4O2/c1-11-7-8-13(16(18)22)10-21(11)17(23)15-9-14(19-20-15)12-5-3-2-4-6-12/h2-6,11,13-15,19-20H,7-10H2,1H3,(H2,18,22). The molecule has 2 aliphatic rings. The average molecular weight is 316 g/mol. The van der Waals surface area contributed by atoms with Gasteiger partial charge in [-0.3, -0.25) is 9.59 Å². The number of hydrogen-bond donors (Lipinski definition) is 3. The fraction of sp³-hybridized carbons (Fsp3) is 0.529. The fourth-order valence-electron chi connectivity index (χ4n) is 3.47. The van der Waals surface area contributed by atoms with Gasteiger partial charge in [0.25, 0.3) is 0 Å². The second kappa shape index (κ2) is 6.68. The van der Waals surface area contributed by atoms with E-state index in [1.807, 2.05) is 30.0 Å². The van der Waals surface area contributed by atoms with E-state index in [2.05, 4.69) is 23.0 Å². The maximum Gasteiger partial charge on any atom is 0.241 e. The van der Waals surface area contributed by atoms with Crippen LogP contribution in [0.4, 0.5) is 0 Å². The zero-order chi connectivity index (χ0) is 16.4. The summed E-state index contributed by atoms with van der Waals surface area (Å²) in [5, 5.41) is 0. The van der Waals surface area contributed by atoms with Gasteiger partial charge in [-0.25, -0.2) is 10.9 Å². The third kappa shape index (κ3) is 3.38. The first-order chi connectivity index (χ1) is 11.1. The van der Waals surface area contributed by atoms with E-state index in [1.54, 1.807) is 0 Å². The van der Waals surface area contributed by atoms with E-state index in [-0.39, 0.29) is 35.9 Å². The Morgan fingerprint density at radius 2 is 1.91 bits per heavy atom. The smallest absolute Gasteiger partial charge is 0.241 e. The number of hydrazine groups is 1. The van der Waals surface area contributed by atoms with Crippen LogP contribution in [-0.4, -0.2) is 35.3 Å². The molecule has 3 rings (SSSR count). The topological polar surface area (TPSA) is 87.5 Å². The van der Waals surface area contributed by atoms with Crippen LogP contribution in [0, 0.1) is 5.92 Å². The first-order valence-electron chi connectivity index (χ1n) is 8.22. The van der Waals surface area contributed by atoms with Gasteiger partial charge in [-0.05, 0) is 31.7 Å². The Morgan fingerprint density at radius 3 is 2.61 bits per heavy atom. The van der Waals surface area contributed by atoms with Gasteiger partial charge in [0, 0.05) is 18.6 Å². The van der Waals surface area contributed by atoms with Gasteiger partial charge >= 0.3 is 0 Å². The molecule has 2 amide bonds. The van der Waals surface area contributed by atoms with Crippen LogP contribution in [0.25, 0.3) is 0 Å². The number of nitrogens with two attached hydrogens (primary N) is 1. The van der Waals surface area contributed by atoms with Crippen LogP contribution >= 0.6 is 0 Å². The minimum Gasteiger partial charge on any atom is -0.369 e. The van der Waals surface area contributed by atoms with Crippen LogP contribution in [0.3, 0.4) is 0 Å². The minimum absolute atomic E-state index is 0.0504. The number of benzene rings is 1. The number of nitrogens with one attached hydrogen (secondary N) is 2. The van der Waals surface area contributed by atoms with Gasteiger partial charge in [0.15, 0.2) is 0 Å². The zero-order valence-electron chi connectivity index (χ0n) is 13.4. The highest BCUT2D eigenvalue weighted by molar-refractivity contribution is 5.84. The molecule has 124 valence electrons. The first kappa shape index (κ1) is 16.0. The number of piperidine rings is 1. The molecule has 0 aromatic heterocycles. The Kier molecular flexibility index (Phi) is 4.63. The molecule has 6 heteroatoms. The summed E-state index contributed by atoms with van der Waals surface area (Å²) in [4.78, 5) is 26.1. The summed E-state index contributed by atoms with van der Waals surface area (Å²) in [5.41, 5.74) is 12.9. The van der Waals surface area contributed by atoms with Crippen molar-refractivity contribution in [2.75, 3.05) is 6.54 Å². The molecule has 2 heterocycles. The highest BCUT2D eigenvalue weighted by Crippen LogP contribution is 2.26. The average Bonchev–Trinajstić information content (AvgIpc) is 3.05. The molecule has 6 nitrogen and oxygen atoms in total. The second-order valence-corrected chi connectivity index (χ2v) is 6.56. The van der Waals surface area contributed by atoms with Crippen molar-refractivity contribution in [1.29, 1.82) is 0 Å². The SMILES string of the molecule is CC1CCC(C(N)=O)CN1C(=O)C1CC(c2ccccc2)NN1. The number of carbonyl (C=O) groups is 2. The highest BCUT2D eigenvalue weighted by atomic mass is 16.2. The predicted octanol–water partition coefficient (Wildman–Crippen LogP) is 0.707. The number of primary amides is 1. The molecule has 2 saturated heterocycles. The number of amides is 2. The quantitative estimate of drug-likeness (QED) is 0.766. The summed E-state index contributed by atoms with van der Waals surface area (Å²) < 4.78 is 0. The Bertz CT molecular complexity index is 577. The summed E-state index contributed by atoms with van der Waals surface area (Å²) in [6.07, 6.45) is 2.29. The van der Waals surface area contributed by atoms with Gasteiger partial charge in [-0.1, -0.05) is 30.3 Å². The molecule has 0 aliphatic carbocycles. The largest absolute Gasteiger partial charge is 0.369 e. The Morgan fingerprint density at radius 1 is 1.17 bits per heavy atom. The first-order valence-corrected chi connectivity index (χ1v) is 8.22. The Labute approximate surface area is 136 Å². The Balaban J connectivity index is 1.65. The Hall–Kier alpha value is -1.92. The second-order valence-electron chi connectivity index (χ2n) is 6.56. The van der Waals surface area contributed by atoms with Crippen molar-refractivity contribution >= 4 is 11.8 Å². The van der Waals surface area contributed by atoms with Crippen LogP contribution in [0.2, 0.25) is 0 Å². The van der Waals surface area contributed by atoms with Crippen LogP contribution in [0.5, 0.6) is 0 Å². The van der Waals surface area contributed by atoms with E-state index in [0.29, 0.717) is 13.0 Å².